The van der Waals surface area contributed by atoms with Gasteiger partial charge in [-0.3, -0.25) is 4.79 Å². The fourth-order valence-electron chi connectivity index (χ4n) is 1.72. The van der Waals surface area contributed by atoms with Gasteiger partial charge in [-0.1, -0.05) is 17.7 Å². The number of carbonyl (C=O) groups is 2. The summed E-state index contributed by atoms with van der Waals surface area (Å²) in [5, 5.41) is 11.8. The second kappa shape index (κ2) is 6.32. The van der Waals surface area contributed by atoms with Crippen LogP contribution in [0.1, 0.15) is 26.5 Å². The lowest BCUT2D eigenvalue weighted by Crippen LogP contribution is -2.22. The number of carbonyl (C=O) groups excluding carboxylic acids is 1. The van der Waals surface area contributed by atoms with Crippen LogP contribution in [0.25, 0.3) is 0 Å². The molecule has 0 radical (unpaired) electrons. The van der Waals surface area contributed by atoms with E-state index in [0.717, 1.165) is 12.3 Å². The lowest BCUT2D eigenvalue weighted by Gasteiger charge is -2.10. The maximum absolute atomic E-state index is 11.9. The Labute approximate surface area is 125 Å². The normalized spacial score (nSPS) is 10.2. The van der Waals surface area contributed by atoms with Crippen molar-refractivity contribution >= 4 is 23.5 Å². The smallest absolute Gasteiger partial charge is 0.338 e. The predicted molar refractivity (Wildman–Crippen MR) is 74.8 cm³/mol. The van der Waals surface area contributed by atoms with Crippen LogP contribution in [0.5, 0.6) is 5.75 Å². The zero-order chi connectivity index (χ0) is 15.4. The van der Waals surface area contributed by atoms with E-state index in [9.17, 15) is 9.59 Å². The fraction of sp³-hybridized carbons (Fsp3) is 0.143. The number of carboxylic acid groups (broad SMARTS) is 1. The van der Waals surface area contributed by atoms with Gasteiger partial charge in [0.25, 0.3) is 5.91 Å². The summed E-state index contributed by atoms with van der Waals surface area (Å²) >= 11 is 6.05. The third kappa shape index (κ3) is 3.35. The molecule has 21 heavy (non-hydrogen) atoms. The van der Waals surface area contributed by atoms with Gasteiger partial charge in [0.2, 0.25) is 0 Å². The van der Waals surface area contributed by atoms with Crippen molar-refractivity contribution < 1.29 is 23.8 Å². The molecule has 0 fully saturated rings. The molecule has 7 heteroatoms. The Balaban J connectivity index is 2.09. The fourth-order valence-corrected chi connectivity index (χ4v) is 1.96. The average Bonchev–Trinajstić information content (AvgIpc) is 2.95. The Kier molecular flexibility index (Phi) is 4.49. The molecule has 0 aliphatic heterocycles. The van der Waals surface area contributed by atoms with Gasteiger partial charge in [-0.25, -0.2) is 4.79 Å². The van der Waals surface area contributed by atoms with Crippen molar-refractivity contribution in [3.63, 3.8) is 0 Å². The first-order valence-electron chi connectivity index (χ1n) is 5.94. The summed E-state index contributed by atoms with van der Waals surface area (Å²) in [6.07, 6.45) is 1.01. The Morgan fingerprint density at radius 3 is 2.81 bits per heavy atom. The van der Waals surface area contributed by atoms with Crippen molar-refractivity contribution in [3.8, 4) is 5.75 Å². The Hall–Kier alpha value is -2.47. The summed E-state index contributed by atoms with van der Waals surface area (Å²) < 4.78 is 10.1. The zero-order valence-corrected chi connectivity index (χ0v) is 11.8. The van der Waals surface area contributed by atoms with Crippen molar-refractivity contribution in [2.75, 3.05) is 7.11 Å². The first-order valence-corrected chi connectivity index (χ1v) is 6.32. The van der Waals surface area contributed by atoms with E-state index in [0.29, 0.717) is 16.3 Å². The number of furan rings is 1. The van der Waals surface area contributed by atoms with Crippen molar-refractivity contribution in [2.24, 2.45) is 0 Å². The lowest BCUT2D eigenvalue weighted by atomic mass is 10.2. The number of aromatic carboxylic acids is 1. The molecule has 2 rings (SSSR count). The average molecular weight is 310 g/mol. The highest BCUT2D eigenvalue weighted by Gasteiger charge is 2.15. The molecule has 2 aromatic rings. The number of amides is 1. The molecule has 110 valence electrons. The van der Waals surface area contributed by atoms with Crippen LogP contribution in [0.3, 0.4) is 0 Å². The first-order chi connectivity index (χ1) is 10.0. The first kappa shape index (κ1) is 14.9. The van der Waals surface area contributed by atoms with Crippen LogP contribution in [0.15, 0.2) is 34.9 Å². The van der Waals surface area contributed by atoms with Crippen molar-refractivity contribution in [2.45, 2.75) is 6.54 Å². The van der Waals surface area contributed by atoms with E-state index in [4.69, 9.17) is 25.9 Å². The minimum atomic E-state index is -1.16. The number of ether oxygens (including phenoxy) is 1. The molecule has 0 saturated carbocycles. The molecule has 1 aromatic heterocycles. The van der Waals surface area contributed by atoms with Crippen LogP contribution >= 0.6 is 11.6 Å². The molecule has 1 heterocycles. The van der Waals surface area contributed by atoms with Gasteiger partial charge in [0.1, 0.15) is 12.0 Å². The third-order valence-corrected chi connectivity index (χ3v) is 3.15. The van der Waals surface area contributed by atoms with Gasteiger partial charge in [-0.05, 0) is 12.1 Å². The second-order valence-corrected chi connectivity index (χ2v) is 4.52. The summed E-state index contributed by atoms with van der Waals surface area (Å²) in [7, 11) is 1.50. The highest BCUT2D eigenvalue weighted by molar-refractivity contribution is 6.31. The van der Waals surface area contributed by atoms with Crippen LogP contribution in [-0.4, -0.2) is 24.1 Å². The number of hydrogen-bond donors (Lipinski definition) is 2. The Morgan fingerprint density at radius 2 is 2.19 bits per heavy atom. The number of benzene rings is 1. The maximum Gasteiger partial charge on any atom is 0.338 e. The predicted octanol–water partition coefficient (Wildman–Crippen LogP) is 2.57. The number of carboxylic acids is 1. The van der Waals surface area contributed by atoms with E-state index in [1.807, 2.05) is 0 Å². The Morgan fingerprint density at radius 1 is 1.43 bits per heavy atom. The van der Waals surface area contributed by atoms with Crippen LogP contribution in [0.4, 0.5) is 0 Å². The molecule has 0 spiro atoms. The highest BCUT2D eigenvalue weighted by atomic mass is 35.5. The van der Waals surface area contributed by atoms with Crippen LogP contribution in [-0.2, 0) is 6.54 Å². The Bertz CT molecular complexity index is 680. The molecule has 0 bridgehead atoms. The van der Waals surface area contributed by atoms with E-state index in [-0.39, 0.29) is 17.9 Å². The number of halogens is 1. The number of methoxy groups -OCH3 is 1. The zero-order valence-electron chi connectivity index (χ0n) is 11.1. The van der Waals surface area contributed by atoms with Gasteiger partial charge in [-0.2, -0.15) is 0 Å². The largest absolute Gasteiger partial charge is 0.496 e. The van der Waals surface area contributed by atoms with Crippen LogP contribution in [0.2, 0.25) is 5.02 Å². The molecule has 2 N–H and O–H groups in total. The molecular formula is C14H12ClNO5. The third-order valence-electron chi connectivity index (χ3n) is 2.79. The minimum Gasteiger partial charge on any atom is -0.496 e. The second-order valence-electron chi connectivity index (χ2n) is 4.11. The molecule has 0 aliphatic rings. The van der Waals surface area contributed by atoms with Gasteiger partial charge in [0.05, 0.1) is 12.7 Å². The van der Waals surface area contributed by atoms with Crippen molar-refractivity contribution in [3.05, 3.63) is 52.4 Å². The summed E-state index contributed by atoms with van der Waals surface area (Å²) in [6.45, 7) is 0.130. The molecular weight excluding hydrogens is 298 g/mol. The quantitative estimate of drug-likeness (QED) is 0.886. The van der Waals surface area contributed by atoms with Gasteiger partial charge >= 0.3 is 5.97 Å². The van der Waals surface area contributed by atoms with E-state index >= 15 is 0 Å². The molecule has 1 amide bonds. The highest BCUT2D eigenvalue weighted by Crippen LogP contribution is 2.26. The number of rotatable bonds is 5. The summed E-state index contributed by atoms with van der Waals surface area (Å²) in [4.78, 5) is 22.6. The molecule has 0 aliphatic carbocycles. The van der Waals surface area contributed by atoms with Gasteiger partial charge in [0, 0.05) is 23.2 Å². The molecule has 0 saturated heterocycles. The van der Waals surface area contributed by atoms with E-state index in [1.54, 1.807) is 18.2 Å². The van der Waals surface area contributed by atoms with Crippen LogP contribution in [0, 0.1) is 0 Å². The number of nitrogens with one attached hydrogen (secondary N) is 1. The lowest BCUT2D eigenvalue weighted by molar-refractivity contribution is 0.0696. The van der Waals surface area contributed by atoms with Crippen molar-refractivity contribution in [1.82, 2.24) is 5.32 Å². The van der Waals surface area contributed by atoms with Gasteiger partial charge in [-0.15, -0.1) is 0 Å². The summed E-state index contributed by atoms with van der Waals surface area (Å²) in [6, 6.07) is 6.30. The topological polar surface area (TPSA) is 88.8 Å². The molecule has 6 nitrogen and oxygen atoms in total. The maximum atomic E-state index is 11.9. The standard InChI is InChI=1S/C14H12ClNO5/c1-20-11-4-2-3-10(15)9(11)6-16-13(17)12-5-8(7-21-12)14(18)19/h2-5,7H,6H2,1H3,(H,16,17)(H,18,19). The molecule has 0 unspecified atom stereocenters. The summed E-state index contributed by atoms with van der Waals surface area (Å²) in [5.74, 6) is -1.23. The minimum absolute atomic E-state index is 0.0848. The van der Waals surface area contributed by atoms with E-state index in [1.165, 1.54) is 7.11 Å². The van der Waals surface area contributed by atoms with Crippen LogP contribution < -0.4 is 10.1 Å². The SMILES string of the molecule is COc1cccc(Cl)c1CNC(=O)c1cc(C(=O)O)co1. The molecule has 0 atom stereocenters. The van der Waals surface area contributed by atoms with E-state index in [2.05, 4.69) is 5.32 Å². The monoisotopic (exact) mass is 309 g/mol. The number of hydrogen-bond acceptors (Lipinski definition) is 4. The van der Waals surface area contributed by atoms with Gasteiger partial charge in [0.15, 0.2) is 5.76 Å². The van der Waals surface area contributed by atoms with E-state index < -0.39 is 11.9 Å². The molecule has 1 aromatic carbocycles. The van der Waals surface area contributed by atoms with Gasteiger partial charge < -0.3 is 19.6 Å². The van der Waals surface area contributed by atoms with Crippen molar-refractivity contribution in [1.29, 1.82) is 0 Å². The summed E-state index contributed by atoms with van der Waals surface area (Å²) in [5.41, 5.74) is 0.538.